The summed E-state index contributed by atoms with van der Waals surface area (Å²) >= 11 is 0. The van der Waals surface area contributed by atoms with Crippen LogP contribution in [0, 0.1) is 13.8 Å². The van der Waals surface area contributed by atoms with E-state index in [0.717, 1.165) is 25.9 Å². The molecule has 1 heterocycles. The number of hydrogen-bond donors (Lipinski definition) is 2. The van der Waals surface area contributed by atoms with Crippen molar-refractivity contribution in [2.24, 2.45) is 0 Å². The highest BCUT2D eigenvalue weighted by Crippen LogP contribution is 2.22. The molecule has 1 unspecified atom stereocenters. The van der Waals surface area contributed by atoms with E-state index >= 15 is 0 Å². The standard InChI is InChI=1S/C15H22N2O2/c1-11-6-12(2)8-14(7-11)17-5-3-4-13(10-17)16-9-15(18)19/h6-8,13,16H,3-5,9-10H2,1-2H3,(H,18,19). The first-order valence-electron chi connectivity index (χ1n) is 6.83. The predicted octanol–water partition coefficient (Wildman–Crippen LogP) is 1.95. The van der Waals surface area contributed by atoms with E-state index < -0.39 is 5.97 Å². The molecule has 1 atom stereocenters. The molecule has 0 spiro atoms. The van der Waals surface area contributed by atoms with E-state index in [0.29, 0.717) is 0 Å². The van der Waals surface area contributed by atoms with Crippen LogP contribution in [0.1, 0.15) is 24.0 Å². The second-order valence-corrected chi connectivity index (χ2v) is 5.41. The molecule has 0 bridgehead atoms. The van der Waals surface area contributed by atoms with Gasteiger partial charge in [-0.15, -0.1) is 0 Å². The Balaban J connectivity index is 2.02. The second-order valence-electron chi connectivity index (χ2n) is 5.41. The summed E-state index contributed by atoms with van der Waals surface area (Å²) in [5, 5.41) is 11.8. The highest BCUT2D eigenvalue weighted by Gasteiger charge is 2.20. The fourth-order valence-electron chi connectivity index (χ4n) is 2.74. The highest BCUT2D eigenvalue weighted by atomic mass is 16.4. The third kappa shape index (κ3) is 3.96. The normalized spacial score (nSPS) is 19.5. The van der Waals surface area contributed by atoms with Crippen molar-refractivity contribution in [3.8, 4) is 0 Å². The van der Waals surface area contributed by atoms with Gasteiger partial charge in [-0.1, -0.05) is 6.07 Å². The third-order valence-corrected chi connectivity index (χ3v) is 3.53. The van der Waals surface area contributed by atoms with Crippen molar-refractivity contribution in [3.05, 3.63) is 29.3 Å². The lowest BCUT2D eigenvalue weighted by atomic mass is 10.0. The first-order valence-corrected chi connectivity index (χ1v) is 6.83. The molecule has 0 saturated carbocycles. The zero-order chi connectivity index (χ0) is 13.8. The molecule has 104 valence electrons. The minimum Gasteiger partial charge on any atom is -0.480 e. The monoisotopic (exact) mass is 262 g/mol. The molecule has 1 saturated heterocycles. The number of aryl methyl sites for hydroxylation is 2. The number of aliphatic carboxylic acids is 1. The van der Waals surface area contributed by atoms with Crippen molar-refractivity contribution in [1.82, 2.24) is 5.32 Å². The Morgan fingerprint density at radius 2 is 2.05 bits per heavy atom. The van der Waals surface area contributed by atoms with Crippen LogP contribution in [0.25, 0.3) is 0 Å². The average molecular weight is 262 g/mol. The Labute approximate surface area is 114 Å². The van der Waals surface area contributed by atoms with Gasteiger partial charge >= 0.3 is 5.97 Å². The molecule has 4 nitrogen and oxygen atoms in total. The van der Waals surface area contributed by atoms with Gasteiger partial charge in [0.05, 0.1) is 6.54 Å². The number of carboxylic acids is 1. The molecular formula is C15H22N2O2. The van der Waals surface area contributed by atoms with Crippen molar-refractivity contribution >= 4 is 11.7 Å². The SMILES string of the molecule is Cc1cc(C)cc(N2CCCC(NCC(=O)O)C2)c1. The van der Waals surface area contributed by atoms with Crippen LogP contribution in [0.2, 0.25) is 0 Å². The number of anilines is 1. The van der Waals surface area contributed by atoms with Crippen LogP contribution in [0.15, 0.2) is 18.2 Å². The minimum absolute atomic E-state index is 0.0470. The van der Waals surface area contributed by atoms with Crippen molar-refractivity contribution < 1.29 is 9.90 Å². The molecule has 1 aromatic carbocycles. The molecular weight excluding hydrogens is 240 g/mol. The van der Waals surface area contributed by atoms with Crippen LogP contribution in [0.4, 0.5) is 5.69 Å². The molecule has 0 aromatic heterocycles. The molecule has 1 aliphatic rings. The Hall–Kier alpha value is -1.55. The molecule has 0 aliphatic carbocycles. The maximum atomic E-state index is 10.6. The fraction of sp³-hybridized carbons (Fsp3) is 0.533. The lowest BCUT2D eigenvalue weighted by molar-refractivity contribution is -0.136. The fourth-order valence-corrected chi connectivity index (χ4v) is 2.74. The molecule has 1 aliphatic heterocycles. The van der Waals surface area contributed by atoms with Gasteiger partial charge in [0.15, 0.2) is 0 Å². The number of carbonyl (C=O) groups is 1. The van der Waals surface area contributed by atoms with Crippen LogP contribution in [-0.4, -0.2) is 36.8 Å². The van der Waals surface area contributed by atoms with Gasteiger partial charge in [0.1, 0.15) is 0 Å². The summed E-state index contributed by atoms with van der Waals surface area (Å²) in [7, 11) is 0. The van der Waals surface area contributed by atoms with Gasteiger partial charge in [0.25, 0.3) is 0 Å². The van der Waals surface area contributed by atoms with Crippen LogP contribution in [-0.2, 0) is 4.79 Å². The van der Waals surface area contributed by atoms with E-state index in [-0.39, 0.29) is 12.6 Å². The van der Waals surface area contributed by atoms with Gasteiger partial charge in [-0.05, 0) is 49.9 Å². The molecule has 19 heavy (non-hydrogen) atoms. The summed E-state index contributed by atoms with van der Waals surface area (Å²) in [6.07, 6.45) is 2.15. The van der Waals surface area contributed by atoms with Crippen molar-refractivity contribution in [3.63, 3.8) is 0 Å². The number of rotatable bonds is 4. The predicted molar refractivity (Wildman–Crippen MR) is 76.8 cm³/mol. The Bertz CT molecular complexity index is 439. The quantitative estimate of drug-likeness (QED) is 0.871. The lowest BCUT2D eigenvalue weighted by Crippen LogP contribution is -2.47. The molecule has 4 heteroatoms. The smallest absolute Gasteiger partial charge is 0.317 e. The molecule has 0 radical (unpaired) electrons. The third-order valence-electron chi connectivity index (χ3n) is 3.53. The van der Waals surface area contributed by atoms with Gasteiger partial charge in [0.2, 0.25) is 0 Å². The van der Waals surface area contributed by atoms with E-state index in [1.165, 1.54) is 16.8 Å². The minimum atomic E-state index is -0.788. The molecule has 1 fully saturated rings. The van der Waals surface area contributed by atoms with E-state index in [9.17, 15) is 4.79 Å². The van der Waals surface area contributed by atoms with E-state index in [1.54, 1.807) is 0 Å². The second kappa shape index (κ2) is 6.06. The Kier molecular flexibility index (Phi) is 4.43. The summed E-state index contributed by atoms with van der Waals surface area (Å²) in [6.45, 7) is 6.21. The van der Waals surface area contributed by atoms with Crippen molar-refractivity contribution in [2.45, 2.75) is 32.7 Å². The topological polar surface area (TPSA) is 52.6 Å². The van der Waals surface area contributed by atoms with Crippen molar-refractivity contribution in [2.75, 3.05) is 24.5 Å². The highest BCUT2D eigenvalue weighted by molar-refractivity contribution is 5.69. The maximum absolute atomic E-state index is 10.6. The average Bonchev–Trinajstić information content (AvgIpc) is 2.35. The van der Waals surface area contributed by atoms with Gasteiger partial charge < -0.3 is 15.3 Å². The number of piperidine rings is 1. The number of nitrogens with zero attached hydrogens (tertiary/aromatic N) is 1. The van der Waals surface area contributed by atoms with Gasteiger partial charge in [-0.3, -0.25) is 4.79 Å². The largest absolute Gasteiger partial charge is 0.480 e. The summed E-state index contributed by atoms with van der Waals surface area (Å²) in [5.41, 5.74) is 3.80. The van der Waals surface area contributed by atoms with E-state index in [2.05, 4.69) is 42.3 Å². The molecule has 2 N–H and O–H groups in total. The van der Waals surface area contributed by atoms with Crippen LogP contribution in [0.5, 0.6) is 0 Å². The lowest BCUT2D eigenvalue weighted by Gasteiger charge is -2.35. The Morgan fingerprint density at radius 3 is 2.68 bits per heavy atom. The van der Waals surface area contributed by atoms with Crippen LogP contribution < -0.4 is 10.2 Å². The van der Waals surface area contributed by atoms with Crippen LogP contribution >= 0.6 is 0 Å². The van der Waals surface area contributed by atoms with E-state index in [4.69, 9.17) is 5.11 Å². The van der Waals surface area contributed by atoms with Gasteiger partial charge in [0, 0.05) is 24.8 Å². The maximum Gasteiger partial charge on any atom is 0.317 e. The number of nitrogens with one attached hydrogen (secondary N) is 1. The summed E-state index contributed by atoms with van der Waals surface area (Å²) < 4.78 is 0. The molecule has 2 rings (SSSR count). The van der Waals surface area contributed by atoms with Gasteiger partial charge in [-0.2, -0.15) is 0 Å². The summed E-state index contributed by atoms with van der Waals surface area (Å²) in [5.74, 6) is -0.788. The zero-order valence-electron chi connectivity index (χ0n) is 11.6. The Morgan fingerprint density at radius 1 is 1.37 bits per heavy atom. The molecule has 0 amide bonds. The van der Waals surface area contributed by atoms with Crippen molar-refractivity contribution in [1.29, 1.82) is 0 Å². The zero-order valence-corrected chi connectivity index (χ0v) is 11.6. The van der Waals surface area contributed by atoms with Crippen LogP contribution in [0.3, 0.4) is 0 Å². The number of carboxylic acid groups (broad SMARTS) is 1. The summed E-state index contributed by atoms with van der Waals surface area (Å²) in [6, 6.07) is 6.85. The number of benzene rings is 1. The van der Waals surface area contributed by atoms with Gasteiger partial charge in [-0.25, -0.2) is 0 Å². The van der Waals surface area contributed by atoms with E-state index in [1.807, 2.05) is 0 Å². The first-order chi connectivity index (χ1) is 9.04. The first kappa shape index (κ1) is 13.9. The number of hydrogen-bond acceptors (Lipinski definition) is 3. The summed E-state index contributed by atoms with van der Waals surface area (Å²) in [4.78, 5) is 13.0. The molecule has 1 aromatic rings.